The Balaban J connectivity index is 2.26. The highest BCUT2D eigenvalue weighted by Gasteiger charge is 2.39. The minimum absolute atomic E-state index is 0.103. The number of aromatic nitrogens is 3. The summed E-state index contributed by atoms with van der Waals surface area (Å²) in [4.78, 5) is 37.9. The zero-order valence-electron chi connectivity index (χ0n) is 14.3. The van der Waals surface area contributed by atoms with Gasteiger partial charge in [-0.25, -0.2) is 0 Å². The number of amides is 1. The molecule has 27 heavy (non-hydrogen) atoms. The Morgan fingerprint density at radius 1 is 1.41 bits per heavy atom. The van der Waals surface area contributed by atoms with Crippen molar-refractivity contribution in [3.63, 3.8) is 0 Å². The molecular formula is C15H15F3N4O5. The summed E-state index contributed by atoms with van der Waals surface area (Å²) < 4.78 is 45.3. The summed E-state index contributed by atoms with van der Waals surface area (Å²) in [6.07, 6.45) is -4.83. The van der Waals surface area contributed by atoms with Gasteiger partial charge in [0.05, 0.1) is 24.8 Å². The molecule has 3 heterocycles. The predicted molar refractivity (Wildman–Crippen MR) is 83.3 cm³/mol. The molecule has 0 saturated carbocycles. The Kier molecular flexibility index (Phi) is 4.46. The van der Waals surface area contributed by atoms with E-state index in [4.69, 9.17) is 9.84 Å². The van der Waals surface area contributed by atoms with Gasteiger partial charge in [0, 0.05) is 13.2 Å². The lowest BCUT2D eigenvalue weighted by Gasteiger charge is -2.23. The number of methoxy groups -OCH3 is 1. The van der Waals surface area contributed by atoms with E-state index in [1.54, 1.807) is 6.92 Å². The van der Waals surface area contributed by atoms with Crippen LogP contribution in [0.15, 0.2) is 10.9 Å². The first-order valence-corrected chi connectivity index (χ1v) is 7.80. The number of carboxylic acid groups (broad SMARTS) is 1. The van der Waals surface area contributed by atoms with Crippen molar-refractivity contribution in [3.05, 3.63) is 33.4 Å². The van der Waals surface area contributed by atoms with Gasteiger partial charge in [0.1, 0.15) is 17.9 Å². The molecule has 0 aliphatic carbocycles. The van der Waals surface area contributed by atoms with Crippen molar-refractivity contribution in [1.29, 1.82) is 0 Å². The zero-order chi connectivity index (χ0) is 20.1. The molecule has 0 saturated heterocycles. The maximum Gasteiger partial charge on any atom is 0.435 e. The van der Waals surface area contributed by atoms with Crippen LogP contribution < -0.4 is 5.56 Å². The second-order valence-corrected chi connectivity index (χ2v) is 6.15. The number of rotatable bonds is 5. The van der Waals surface area contributed by atoms with Crippen LogP contribution in [0.2, 0.25) is 0 Å². The Morgan fingerprint density at radius 2 is 2.07 bits per heavy atom. The number of halogens is 3. The topological polar surface area (TPSA) is 106 Å². The van der Waals surface area contributed by atoms with E-state index in [2.05, 4.69) is 5.10 Å². The lowest BCUT2D eigenvalue weighted by molar-refractivity contribution is -0.141. The van der Waals surface area contributed by atoms with Crippen LogP contribution in [0.25, 0.3) is 5.65 Å². The number of nitrogens with zero attached hydrogens (tertiary/aromatic N) is 4. The van der Waals surface area contributed by atoms with E-state index in [9.17, 15) is 27.6 Å². The Hall–Kier alpha value is -2.89. The Bertz CT molecular complexity index is 994. The van der Waals surface area contributed by atoms with E-state index >= 15 is 0 Å². The highest BCUT2D eigenvalue weighted by molar-refractivity contribution is 5.97. The van der Waals surface area contributed by atoms with E-state index < -0.39 is 47.5 Å². The lowest BCUT2D eigenvalue weighted by atomic mass is 10.2. The molecule has 0 spiro atoms. The highest BCUT2D eigenvalue weighted by atomic mass is 19.4. The Labute approximate surface area is 149 Å². The summed E-state index contributed by atoms with van der Waals surface area (Å²) in [6, 6.07) is 0.129. The first-order valence-electron chi connectivity index (χ1n) is 7.80. The van der Waals surface area contributed by atoms with Gasteiger partial charge in [0.15, 0.2) is 5.69 Å². The molecule has 0 bridgehead atoms. The quantitative estimate of drug-likeness (QED) is 0.804. The van der Waals surface area contributed by atoms with Crippen LogP contribution in [-0.4, -0.2) is 55.8 Å². The molecular weight excluding hydrogens is 373 g/mol. The van der Waals surface area contributed by atoms with Crippen LogP contribution in [0.1, 0.15) is 28.7 Å². The van der Waals surface area contributed by atoms with Crippen molar-refractivity contribution >= 4 is 17.5 Å². The van der Waals surface area contributed by atoms with Crippen LogP contribution in [0, 0.1) is 0 Å². The predicted octanol–water partition coefficient (Wildman–Crippen LogP) is 0.590. The fourth-order valence-electron chi connectivity index (χ4n) is 3.11. The van der Waals surface area contributed by atoms with Crippen LogP contribution in [0.3, 0.4) is 0 Å². The van der Waals surface area contributed by atoms with Crippen molar-refractivity contribution in [2.24, 2.45) is 0 Å². The molecule has 146 valence electrons. The molecule has 9 nitrogen and oxygen atoms in total. The van der Waals surface area contributed by atoms with Gasteiger partial charge in [0.25, 0.3) is 11.5 Å². The third-order valence-corrected chi connectivity index (χ3v) is 4.29. The van der Waals surface area contributed by atoms with E-state index in [1.807, 2.05) is 0 Å². The third-order valence-electron chi connectivity index (χ3n) is 4.29. The molecule has 2 aromatic heterocycles. The lowest BCUT2D eigenvalue weighted by Crippen LogP contribution is -2.37. The van der Waals surface area contributed by atoms with Crippen molar-refractivity contribution < 1.29 is 32.6 Å². The number of alkyl halides is 3. The molecule has 0 fully saturated rings. The monoisotopic (exact) mass is 388 g/mol. The van der Waals surface area contributed by atoms with E-state index in [-0.39, 0.29) is 24.4 Å². The summed E-state index contributed by atoms with van der Waals surface area (Å²) in [6.45, 7) is 0.871. The molecule has 0 aromatic carbocycles. The molecule has 1 amide bonds. The van der Waals surface area contributed by atoms with Gasteiger partial charge in [-0.1, -0.05) is 0 Å². The van der Waals surface area contributed by atoms with Crippen LogP contribution in [0.4, 0.5) is 13.2 Å². The van der Waals surface area contributed by atoms with Gasteiger partial charge in [-0.05, 0) is 6.92 Å². The van der Waals surface area contributed by atoms with Crippen molar-refractivity contribution in [2.45, 2.75) is 32.2 Å². The van der Waals surface area contributed by atoms with Crippen LogP contribution in [0.5, 0.6) is 0 Å². The van der Waals surface area contributed by atoms with E-state index in [0.717, 1.165) is 4.57 Å². The third kappa shape index (κ3) is 3.05. The van der Waals surface area contributed by atoms with Crippen LogP contribution in [-0.2, 0) is 28.8 Å². The van der Waals surface area contributed by atoms with Gasteiger partial charge >= 0.3 is 12.1 Å². The SMILES string of the molecule is COC[C@H](C)N1Cc2c(n(CC(=O)O)c3cc(C(F)(F)F)nn3c2=O)C1=O. The minimum Gasteiger partial charge on any atom is -0.480 e. The number of hydrogen-bond donors (Lipinski definition) is 1. The summed E-state index contributed by atoms with van der Waals surface area (Å²) in [5.41, 5.74) is -3.00. The normalized spacial score (nSPS) is 15.4. The molecule has 3 rings (SSSR count). The molecule has 0 radical (unpaired) electrons. The van der Waals surface area contributed by atoms with Crippen molar-refractivity contribution in [2.75, 3.05) is 13.7 Å². The average Bonchev–Trinajstić information content (AvgIpc) is 3.14. The number of hydrogen-bond acceptors (Lipinski definition) is 5. The van der Waals surface area contributed by atoms with Gasteiger partial charge in [-0.2, -0.15) is 22.8 Å². The molecule has 1 aliphatic heterocycles. The maximum absolute atomic E-state index is 13.0. The van der Waals surface area contributed by atoms with Crippen LogP contribution >= 0.6 is 0 Å². The minimum atomic E-state index is -4.83. The zero-order valence-corrected chi connectivity index (χ0v) is 14.3. The molecule has 12 heteroatoms. The summed E-state index contributed by atoms with van der Waals surface area (Å²) in [7, 11) is 1.43. The van der Waals surface area contributed by atoms with Gasteiger partial charge in [0.2, 0.25) is 0 Å². The largest absolute Gasteiger partial charge is 0.480 e. The number of carbonyl (C=O) groups excluding carboxylic acids is 1. The van der Waals surface area contributed by atoms with Gasteiger partial charge < -0.3 is 19.3 Å². The summed E-state index contributed by atoms with van der Waals surface area (Å²) in [5, 5.41) is 12.4. The highest BCUT2D eigenvalue weighted by Crippen LogP contribution is 2.30. The molecule has 1 N–H and O–H groups in total. The maximum atomic E-state index is 13.0. The number of carbonyl (C=O) groups is 2. The smallest absolute Gasteiger partial charge is 0.435 e. The first-order chi connectivity index (χ1) is 12.6. The Morgan fingerprint density at radius 3 is 2.63 bits per heavy atom. The fourth-order valence-corrected chi connectivity index (χ4v) is 3.11. The number of aliphatic carboxylic acids is 1. The fraction of sp³-hybridized carbons (Fsp3) is 0.467. The molecule has 1 aliphatic rings. The second-order valence-electron chi connectivity index (χ2n) is 6.15. The number of carboxylic acids is 1. The van der Waals surface area contributed by atoms with E-state index in [0.29, 0.717) is 10.6 Å². The number of ether oxygens (including phenoxy) is 1. The molecule has 1 atom stereocenters. The summed E-state index contributed by atoms with van der Waals surface area (Å²) >= 11 is 0. The van der Waals surface area contributed by atoms with Gasteiger partial charge in [-0.15, -0.1) is 0 Å². The van der Waals surface area contributed by atoms with E-state index in [1.165, 1.54) is 12.0 Å². The van der Waals surface area contributed by atoms with Crippen molar-refractivity contribution in [3.8, 4) is 0 Å². The second kappa shape index (κ2) is 6.37. The molecule has 2 aromatic rings. The molecule has 0 unspecified atom stereocenters. The van der Waals surface area contributed by atoms with Crippen molar-refractivity contribution in [1.82, 2.24) is 19.1 Å². The number of fused-ring (bicyclic) bond motifs is 2. The first kappa shape index (κ1) is 18.9. The summed E-state index contributed by atoms with van der Waals surface area (Å²) in [5.74, 6) is -2.03. The average molecular weight is 388 g/mol. The van der Waals surface area contributed by atoms with Gasteiger partial charge in [-0.3, -0.25) is 14.4 Å². The standard InChI is InChI=1S/C15H15F3N4O5/c1-7(6-27-2)20-4-8-12(14(20)26)21(5-11(23)24)10-3-9(15(16,17)18)19-22(10)13(8)25/h3,7H,4-6H2,1-2H3,(H,23,24)/t7-/m0/s1.